The minimum absolute atomic E-state index is 1.07. The summed E-state index contributed by atoms with van der Waals surface area (Å²) >= 11 is 0. The minimum atomic E-state index is 1.07. The van der Waals surface area contributed by atoms with E-state index in [-0.39, 0.29) is 0 Å². The number of fused-ring (bicyclic) bond motifs is 2. The average Bonchev–Trinajstić information content (AvgIpc) is 2.60. The molecule has 106 valence electrons. The molecule has 2 nitrogen and oxygen atoms in total. The van der Waals surface area contributed by atoms with Crippen LogP contribution >= 0.6 is 0 Å². The summed E-state index contributed by atoms with van der Waals surface area (Å²) in [5.41, 5.74) is 5.24. The molecule has 0 aliphatic rings. The van der Waals surface area contributed by atoms with E-state index in [9.17, 15) is 0 Å². The largest absolute Gasteiger partial charge is 0.239 e. The lowest BCUT2D eigenvalue weighted by molar-refractivity contribution is -0.582. The van der Waals surface area contributed by atoms with Crippen LogP contribution in [0.15, 0.2) is 78.9 Å². The molecule has 0 spiro atoms. The maximum Gasteiger partial charge on any atom is 0.157 e. The smallest absolute Gasteiger partial charge is 0.157 e. The number of benzene rings is 4. The lowest BCUT2D eigenvalue weighted by Gasteiger charge is -2.11. The van der Waals surface area contributed by atoms with Gasteiger partial charge in [-0.2, -0.15) is 5.84 Å². The maximum atomic E-state index is 5.85. The van der Waals surface area contributed by atoms with Crippen LogP contribution in [0.1, 0.15) is 0 Å². The topological polar surface area (TPSA) is 42.6 Å². The Morgan fingerprint density at radius 3 is 2.05 bits per heavy atom. The Hall–Kier alpha value is -2.68. The SMILES string of the molecule is N[NH2+]c1cccc2cccc(-c3cccc4ccccc34)c12. The van der Waals surface area contributed by atoms with Gasteiger partial charge in [0.25, 0.3) is 0 Å². The van der Waals surface area contributed by atoms with Crippen LogP contribution in [0.5, 0.6) is 0 Å². The highest BCUT2D eigenvalue weighted by atomic mass is 15.2. The first kappa shape index (κ1) is 13.0. The second-order valence-corrected chi connectivity index (χ2v) is 5.44. The summed E-state index contributed by atoms with van der Waals surface area (Å²) in [5, 5.41) is 4.95. The van der Waals surface area contributed by atoms with Gasteiger partial charge in [0.15, 0.2) is 5.69 Å². The van der Waals surface area contributed by atoms with E-state index < -0.39 is 0 Å². The molecule has 0 unspecified atom stereocenters. The Balaban J connectivity index is 2.13. The number of quaternary nitrogens is 1. The molecule has 0 saturated heterocycles. The van der Waals surface area contributed by atoms with Gasteiger partial charge in [-0.1, -0.05) is 72.8 Å². The number of rotatable bonds is 2. The number of hydrogen-bond donors (Lipinski definition) is 2. The van der Waals surface area contributed by atoms with Crippen molar-refractivity contribution in [2.75, 3.05) is 0 Å². The van der Waals surface area contributed by atoms with Crippen molar-refractivity contribution in [1.29, 1.82) is 0 Å². The van der Waals surface area contributed by atoms with Gasteiger partial charge in [-0.3, -0.25) is 0 Å². The molecular weight excluding hydrogens is 268 g/mol. The van der Waals surface area contributed by atoms with Crippen LogP contribution in [0.3, 0.4) is 0 Å². The molecule has 0 amide bonds. The first-order chi connectivity index (χ1) is 10.9. The molecule has 2 heteroatoms. The summed E-state index contributed by atoms with van der Waals surface area (Å²) < 4.78 is 0. The molecule has 0 aliphatic heterocycles. The highest BCUT2D eigenvalue weighted by molar-refractivity contribution is 6.08. The van der Waals surface area contributed by atoms with E-state index in [1.54, 1.807) is 5.43 Å². The van der Waals surface area contributed by atoms with Crippen LogP contribution in [-0.4, -0.2) is 0 Å². The predicted molar refractivity (Wildman–Crippen MR) is 92.7 cm³/mol. The van der Waals surface area contributed by atoms with Gasteiger partial charge in [-0.15, -0.1) is 0 Å². The van der Waals surface area contributed by atoms with Crippen molar-refractivity contribution in [2.24, 2.45) is 5.84 Å². The summed E-state index contributed by atoms with van der Waals surface area (Å²) in [6.07, 6.45) is 0. The minimum Gasteiger partial charge on any atom is -0.239 e. The van der Waals surface area contributed by atoms with E-state index in [0.717, 1.165) is 5.69 Å². The van der Waals surface area contributed by atoms with E-state index in [1.165, 1.54) is 32.7 Å². The molecule has 0 aromatic heterocycles. The van der Waals surface area contributed by atoms with Crippen molar-refractivity contribution in [3.63, 3.8) is 0 Å². The standard InChI is InChI=1S/C20H16N2/c21-22-19-13-5-9-15-8-4-12-18(20(15)19)17-11-3-7-14-6-1-2-10-16(14)17/h1-13,22H,21H2/p+1. The third-order valence-corrected chi connectivity index (χ3v) is 4.20. The van der Waals surface area contributed by atoms with Crippen molar-refractivity contribution in [3.8, 4) is 11.1 Å². The van der Waals surface area contributed by atoms with Gasteiger partial charge in [-0.05, 0) is 27.3 Å². The Morgan fingerprint density at radius 2 is 1.23 bits per heavy atom. The van der Waals surface area contributed by atoms with Crippen molar-refractivity contribution < 1.29 is 5.43 Å². The molecule has 0 fully saturated rings. The highest BCUT2D eigenvalue weighted by Crippen LogP contribution is 2.35. The van der Waals surface area contributed by atoms with Gasteiger partial charge in [0.1, 0.15) is 0 Å². The Kier molecular flexibility index (Phi) is 3.11. The zero-order valence-corrected chi connectivity index (χ0v) is 12.2. The molecule has 0 bridgehead atoms. The fourth-order valence-corrected chi connectivity index (χ4v) is 3.19. The first-order valence-electron chi connectivity index (χ1n) is 7.43. The van der Waals surface area contributed by atoms with Crippen LogP contribution in [-0.2, 0) is 0 Å². The van der Waals surface area contributed by atoms with Gasteiger partial charge in [0.05, 0.1) is 5.39 Å². The van der Waals surface area contributed by atoms with E-state index in [0.29, 0.717) is 0 Å². The molecule has 0 heterocycles. The Morgan fingerprint density at radius 1 is 0.591 bits per heavy atom. The average molecular weight is 285 g/mol. The van der Waals surface area contributed by atoms with E-state index in [4.69, 9.17) is 5.84 Å². The zero-order chi connectivity index (χ0) is 14.9. The van der Waals surface area contributed by atoms with E-state index in [2.05, 4.69) is 72.8 Å². The zero-order valence-electron chi connectivity index (χ0n) is 12.2. The fourth-order valence-electron chi connectivity index (χ4n) is 3.19. The van der Waals surface area contributed by atoms with Crippen molar-refractivity contribution in [1.82, 2.24) is 0 Å². The summed E-state index contributed by atoms with van der Waals surface area (Å²) in [6, 6.07) is 27.6. The van der Waals surface area contributed by atoms with E-state index >= 15 is 0 Å². The molecular formula is C20H17N2+. The molecule has 4 aromatic carbocycles. The van der Waals surface area contributed by atoms with Crippen molar-refractivity contribution in [3.05, 3.63) is 78.9 Å². The quantitative estimate of drug-likeness (QED) is 0.329. The monoisotopic (exact) mass is 285 g/mol. The van der Waals surface area contributed by atoms with Crippen LogP contribution in [0.4, 0.5) is 5.69 Å². The molecule has 4 aromatic rings. The third kappa shape index (κ3) is 1.98. The Labute approximate surface area is 129 Å². The lowest BCUT2D eigenvalue weighted by atomic mass is 9.93. The van der Waals surface area contributed by atoms with Gasteiger partial charge >= 0.3 is 0 Å². The van der Waals surface area contributed by atoms with Crippen molar-refractivity contribution >= 4 is 27.2 Å². The number of hydrogen-bond acceptors (Lipinski definition) is 1. The molecule has 0 radical (unpaired) electrons. The first-order valence-corrected chi connectivity index (χ1v) is 7.43. The van der Waals surface area contributed by atoms with Gasteiger partial charge in [-0.25, -0.2) is 5.43 Å². The molecule has 0 aliphatic carbocycles. The van der Waals surface area contributed by atoms with Crippen molar-refractivity contribution in [2.45, 2.75) is 0 Å². The lowest BCUT2D eigenvalue weighted by Crippen LogP contribution is -2.85. The maximum absolute atomic E-state index is 5.85. The van der Waals surface area contributed by atoms with Crippen LogP contribution in [0.25, 0.3) is 32.7 Å². The van der Waals surface area contributed by atoms with E-state index in [1.807, 2.05) is 6.07 Å². The molecule has 22 heavy (non-hydrogen) atoms. The molecule has 4 rings (SSSR count). The predicted octanol–water partition coefficient (Wildman–Crippen LogP) is 3.73. The van der Waals surface area contributed by atoms with Crippen LogP contribution in [0.2, 0.25) is 0 Å². The van der Waals surface area contributed by atoms with Crippen LogP contribution in [0, 0.1) is 0 Å². The second kappa shape index (κ2) is 5.26. The summed E-state index contributed by atoms with van der Waals surface area (Å²) in [5.74, 6) is 5.85. The second-order valence-electron chi connectivity index (χ2n) is 5.44. The molecule has 0 saturated carbocycles. The highest BCUT2D eigenvalue weighted by Gasteiger charge is 2.12. The van der Waals surface area contributed by atoms with Gasteiger partial charge < -0.3 is 0 Å². The van der Waals surface area contributed by atoms with Crippen LogP contribution < -0.4 is 11.3 Å². The molecule has 4 N–H and O–H groups in total. The fraction of sp³-hybridized carbons (Fsp3) is 0. The Bertz CT molecular complexity index is 963. The third-order valence-electron chi connectivity index (χ3n) is 4.20. The number of nitrogens with two attached hydrogens (primary N) is 2. The normalized spacial score (nSPS) is 11.1. The summed E-state index contributed by atoms with van der Waals surface area (Å²) in [4.78, 5) is 0. The summed E-state index contributed by atoms with van der Waals surface area (Å²) in [6.45, 7) is 0. The summed E-state index contributed by atoms with van der Waals surface area (Å²) in [7, 11) is 0. The van der Waals surface area contributed by atoms with Gasteiger partial charge in [0.2, 0.25) is 0 Å². The van der Waals surface area contributed by atoms with Gasteiger partial charge in [0, 0.05) is 6.07 Å². The molecule has 0 atom stereocenters.